The maximum Gasteiger partial charge on any atom is 0.242 e. The molecule has 4 N–H and O–H groups in total. The van der Waals surface area contributed by atoms with Gasteiger partial charge in [-0.3, -0.25) is 4.79 Å². The van der Waals surface area contributed by atoms with Crippen molar-refractivity contribution in [3.05, 3.63) is 42.2 Å². The Balaban J connectivity index is 1.97. The highest BCUT2D eigenvalue weighted by Gasteiger charge is 2.13. The third-order valence-electron chi connectivity index (χ3n) is 2.58. The third-order valence-corrected chi connectivity index (χ3v) is 2.58. The average Bonchev–Trinajstić information content (AvgIpc) is 2.82. The van der Waals surface area contributed by atoms with Crippen molar-refractivity contribution in [3.63, 3.8) is 0 Å². The van der Waals surface area contributed by atoms with Crippen LogP contribution in [0.5, 0.6) is 0 Å². The van der Waals surface area contributed by atoms with Crippen molar-refractivity contribution in [1.29, 1.82) is 0 Å². The first kappa shape index (κ1) is 13.0. The Morgan fingerprint density at radius 3 is 2.74 bits per heavy atom. The van der Waals surface area contributed by atoms with E-state index >= 15 is 0 Å². The molecule has 0 aliphatic carbocycles. The van der Waals surface area contributed by atoms with E-state index in [1.165, 1.54) is 11.0 Å². The van der Waals surface area contributed by atoms with Gasteiger partial charge in [0, 0.05) is 0 Å². The van der Waals surface area contributed by atoms with Crippen molar-refractivity contribution >= 4 is 11.9 Å². The van der Waals surface area contributed by atoms with Crippen LogP contribution in [0, 0.1) is 0 Å². The Bertz CT molecular complexity index is 540. The molecular formula is C12H15N5O2. The van der Waals surface area contributed by atoms with E-state index in [2.05, 4.69) is 15.4 Å². The van der Waals surface area contributed by atoms with Gasteiger partial charge in [0.15, 0.2) is 0 Å². The topological polar surface area (TPSA) is 106 Å². The molecule has 0 aliphatic heterocycles. The summed E-state index contributed by atoms with van der Waals surface area (Å²) in [6, 6.07) is 8.82. The summed E-state index contributed by atoms with van der Waals surface area (Å²) in [7, 11) is 0. The molecule has 100 valence electrons. The second-order valence-corrected chi connectivity index (χ2v) is 4.01. The number of amides is 1. The number of hydrogen-bond donors (Lipinski definition) is 3. The molecule has 0 bridgehead atoms. The smallest absolute Gasteiger partial charge is 0.242 e. The number of rotatable bonds is 5. The van der Waals surface area contributed by atoms with Crippen LogP contribution in [0.4, 0.5) is 5.95 Å². The lowest BCUT2D eigenvalue weighted by Crippen LogP contribution is -2.33. The lowest BCUT2D eigenvalue weighted by Gasteiger charge is -2.16. The van der Waals surface area contributed by atoms with Crippen molar-refractivity contribution < 1.29 is 9.90 Å². The molecule has 1 atom stereocenters. The van der Waals surface area contributed by atoms with E-state index in [4.69, 9.17) is 5.73 Å². The van der Waals surface area contributed by atoms with Gasteiger partial charge < -0.3 is 16.2 Å². The van der Waals surface area contributed by atoms with E-state index in [0.717, 1.165) is 5.56 Å². The Kier molecular flexibility index (Phi) is 4.09. The molecule has 1 aromatic heterocycles. The second-order valence-electron chi connectivity index (χ2n) is 4.01. The number of nitrogens with two attached hydrogens (primary N) is 1. The molecule has 0 radical (unpaired) electrons. The molecule has 19 heavy (non-hydrogen) atoms. The summed E-state index contributed by atoms with van der Waals surface area (Å²) >= 11 is 0. The number of aliphatic hydroxyl groups excluding tert-OH is 1. The van der Waals surface area contributed by atoms with Crippen LogP contribution in [-0.2, 0) is 11.3 Å². The summed E-state index contributed by atoms with van der Waals surface area (Å²) in [4.78, 5) is 15.5. The van der Waals surface area contributed by atoms with Gasteiger partial charge in [0.2, 0.25) is 11.9 Å². The minimum atomic E-state index is -0.436. The highest BCUT2D eigenvalue weighted by molar-refractivity contribution is 5.76. The summed E-state index contributed by atoms with van der Waals surface area (Å²) in [5, 5.41) is 15.9. The third kappa shape index (κ3) is 3.52. The van der Waals surface area contributed by atoms with Crippen LogP contribution in [0.1, 0.15) is 11.6 Å². The van der Waals surface area contributed by atoms with E-state index in [-0.39, 0.29) is 25.0 Å². The zero-order valence-corrected chi connectivity index (χ0v) is 10.2. The van der Waals surface area contributed by atoms with Gasteiger partial charge >= 0.3 is 0 Å². The molecule has 7 nitrogen and oxygen atoms in total. The Labute approximate surface area is 110 Å². The van der Waals surface area contributed by atoms with Gasteiger partial charge in [-0.1, -0.05) is 30.3 Å². The molecular weight excluding hydrogens is 246 g/mol. The minimum Gasteiger partial charge on any atom is -0.394 e. The normalized spacial score (nSPS) is 12.1. The van der Waals surface area contributed by atoms with Gasteiger partial charge in [-0.05, 0) is 5.56 Å². The van der Waals surface area contributed by atoms with E-state index in [1.54, 1.807) is 0 Å². The molecule has 7 heteroatoms. The first-order chi connectivity index (χ1) is 9.19. The molecule has 1 aromatic carbocycles. The summed E-state index contributed by atoms with van der Waals surface area (Å²) in [5.41, 5.74) is 6.20. The number of aliphatic hydroxyl groups is 1. The molecule has 1 unspecified atom stereocenters. The fraction of sp³-hybridized carbons (Fsp3) is 0.250. The standard InChI is InChI=1S/C12H15N5O2/c13-12-14-8-17(16-12)6-11(19)15-10(7-18)9-4-2-1-3-5-9/h1-5,8,10,18H,6-7H2,(H2,13,16)(H,15,19). The summed E-state index contributed by atoms with van der Waals surface area (Å²) in [6.45, 7) is -0.164. The fourth-order valence-corrected chi connectivity index (χ4v) is 1.69. The highest BCUT2D eigenvalue weighted by Crippen LogP contribution is 2.11. The molecule has 0 fully saturated rings. The van der Waals surface area contributed by atoms with Crippen LogP contribution in [0.25, 0.3) is 0 Å². The van der Waals surface area contributed by atoms with Crippen molar-refractivity contribution in [2.45, 2.75) is 12.6 Å². The zero-order valence-electron chi connectivity index (χ0n) is 10.2. The molecule has 2 aromatic rings. The lowest BCUT2D eigenvalue weighted by atomic mass is 10.1. The lowest BCUT2D eigenvalue weighted by molar-refractivity contribution is -0.122. The van der Waals surface area contributed by atoms with Gasteiger partial charge in [0.25, 0.3) is 0 Å². The number of anilines is 1. The van der Waals surface area contributed by atoms with Gasteiger partial charge in [0.05, 0.1) is 12.6 Å². The van der Waals surface area contributed by atoms with Crippen LogP contribution in [0.2, 0.25) is 0 Å². The molecule has 1 amide bonds. The van der Waals surface area contributed by atoms with Crippen LogP contribution in [0.3, 0.4) is 0 Å². The minimum absolute atomic E-state index is 0.00747. The molecule has 0 aliphatic rings. The van der Waals surface area contributed by atoms with Crippen molar-refractivity contribution in [2.75, 3.05) is 12.3 Å². The number of aromatic nitrogens is 3. The van der Waals surface area contributed by atoms with Crippen LogP contribution in [-0.4, -0.2) is 32.4 Å². The number of carbonyl (C=O) groups is 1. The summed E-state index contributed by atoms with van der Waals surface area (Å²) in [5.74, 6) is -0.151. The number of hydrogen-bond acceptors (Lipinski definition) is 5. The molecule has 0 saturated carbocycles. The van der Waals surface area contributed by atoms with Gasteiger partial charge in [-0.25, -0.2) is 9.67 Å². The summed E-state index contributed by atoms with van der Waals surface area (Å²) in [6.07, 6.45) is 1.38. The maximum absolute atomic E-state index is 11.8. The number of carbonyl (C=O) groups excluding carboxylic acids is 1. The quantitative estimate of drug-likeness (QED) is 0.685. The fourth-order valence-electron chi connectivity index (χ4n) is 1.69. The van der Waals surface area contributed by atoms with E-state index in [9.17, 15) is 9.90 Å². The molecule has 0 spiro atoms. The largest absolute Gasteiger partial charge is 0.394 e. The highest BCUT2D eigenvalue weighted by atomic mass is 16.3. The molecule has 2 rings (SSSR count). The zero-order chi connectivity index (χ0) is 13.7. The number of nitrogen functional groups attached to an aromatic ring is 1. The Morgan fingerprint density at radius 2 is 2.16 bits per heavy atom. The van der Waals surface area contributed by atoms with Crippen LogP contribution >= 0.6 is 0 Å². The predicted octanol–water partition coefficient (Wildman–Crippen LogP) is -0.290. The van der Waals surface area contributed by atoms with E-state index in [1.807, 2.05) is 30.3 Å². The number of nitrogens with one attached hydrogen (secondary N) is 1. The van der Waals surface area contributed by atoms with Crippen molar-refractivity contribution in [2.24, 2.45) is 0 Å². The van der Waals surface area contributed by atoms with E-state index in [0.29, 0.717) is 0 Å². The molecule has 1 heterocycles. The monoisotopic (exact) mass is 261 g/mol. The Morgan fingerprint density at radius 1 is 1.42 bits per heavy atom. The SMILES string of the molecule is Nc1ncn(CC(=O)NC(CO)c2ccccc2)n1. The van der Waals surface area contributed by atoms with Gasteiger partial charge in [-0.2, -0.15) is 0 Å². The first-order valence-electron chi connectivity index (χ1n) is 5.79. The van der Waals surface area contributed by atoms with Crippen LogP contribution in [0.15, 0.2) is 36.7 Å². The maximum atomic E-state index is 11.8. The first-order valence-corrected chi connectivity index (χ1v) is 5.79. The van der Waals surface area contributed by atoms with Gasteiger partial charge in [-0.15, -0.1) is 5.10 Å². The van der Waals surface area contributed by atoms with Crippen molar-refractivity contribution in [3.8, 4) is 0 Å². The average molecular weight is 261 g/mol. The Hall–Kier alpha value is -2.41. The van der Waals surface area contributed by atoms with Crippen molar-refractivity contribution in [1.82, 2.24) is 20.1 Å². The van der Waals surface area contributed by atoms with Gasteiger partial charge in [0.1, 0.15) is 12.9 Å². The summed E-state index contributed by atoms with van der Waals surface area (Å²) < 4.78 is 1.34. The number of nitrogens with zero attached hydrogens (tertiary/aromatic N) is 3. The number of benzene rings is 1. The predicted molar refractivity (Wildman–Crippen MR) is 68.8 cm³/mol. The molecule has 0 saturated heterocycles. The second kappa shape index (κ2) is 5.96. The van der Waals surface area contributed by atoms with E-state index < -0.39 is 6.04 Å². The van der Waals surface area contributed by atoms with Crippen LogP contribution < -0.4 is 11.1 Å².